The summed E-state index contributed by atoms with van der Waals surface area (Å²) < 4.78 is 17.0. The molecule has 462 valence electrons. The number of ether oxygens (including phenoxy) is 3. The summed E-state index contributed by atoms with van der Waals surface area (Å²) >= 11 is 0. The molecule has 0 aromatic heterocycles. The Balaban J connectivity index is 4.26. The minimum absolute atomic E-state index is 0.0749. The Labute approximate surface area is 492 Å². The van der Waals surface area contributed by atoms with Crippen LogP contribution in [0.4, 0.5) is 0 Å². The Bertz CT molecular complexity index is 1360. The number of carbonyl (C=O) groups excluding carboxylic acids is 3. The Hall–Kier alpha value is -2.63. The zero-order valence-corrected chi connectivity index (χ0v) is 53.2. The average Bonchev–Trinajstić information content (AvgIpc) is 3.45. The van der Waals surface area contributed by atoms with Gasteiger partial charge in [-0.15, -0.1) is 0 Å². The molecule has 0 aliphatic carbocycles. The standard InChI is InChI=1S/C73H134O6/c1-4-7-10-13-16-19-22-25-27-29-31-33-35-36-38-39-41-43-45-48-51-54-57-60-63-66-72(75)78-69-70(68-77-71(74)65-62-59-56-53-50-47-24-21-18-15-12-9-6-3)79-73(76)67-64-61-58-55-52-49-46-44-42-40-37-34-32-30-28-26-23-20-17-14-11-8-5-2/h21,23-24,26,30,32,37,40,70H,4-20,22,25,27-29,31,33-36,38-39,41-69H2,1-3H3/b24-21-,26-23-,32-30-,40-37-. The van der Waals surface area contributed by atoms with Crippen LogP contribution in [0, 0.1) is 0 Å². The van der Waals surface area contributed by atoms with Crippen molar-refractivity contribution in [3.8, 4) is 0 Å². The number of unbranched alkanes of at least 4 members (excludes halogenated alkanes) is 46. The molecule has 0 saturated heterocycles. The number of esters is 3. The summed E-state index contributed by atoms with van der Waals surface area (Å²) in [6.07, 6.45) is 85.7. The minimum atomic E-state index is -0.780. The van der Waals surface area contributed by atoms with Crippen LogP contribution in [0.2, 0.25) is 0 Å². The van der Waals surface area contributed by atoms with Crippen LogP contribution in [0.25, 0.3) is 0 Å². The van der Waals surface area contributed by atoms with E-state index in [1.54, 1.807) is 0 Å². The van der Waals surface area contributed by atoms with E-state index in [9.17, 15) is 14.4 Å². The third kappa shape index (κ3) is 66.1. The summed E-state index contributed by atoms with van der Waals surface area (Å²) in [4.78, 5) is 38.4. The lowest BCUT2D eigenvalue weighted by Gasteiger charge is -2.18. The van der Waals surface area contributed by atoms with Gasteiger partial charge in [-0.25, -0.2) is 0 Å². The summed E-state index contributed by atoms with van der Waals surface area (Å²) in [7, 11) is 0. The number of hydrogen-bond acceptors (Lipinski definition) is 6. The molecular formula is C73H134O6. The highest BCUT2D eigenvalue weighted by Gasteiger charge is 2.19. The molecule has 6 heteroatoms. The molecule has 0 aliphatic rings. The van der Waals surface area contributed by atoms with Gasteiger partial charge >= 0.3 is 17.9 Å². The normalized spacial score (nSPS) is 12.3. The van der Waals surface area contributed by atoms with Crippen LogP contribution in [0.5, 0.6) is 0 Å². The lowest BCUT2D eigenvalue weighted by atomic mass is 10.0. The Morgan fingerprint density at radius 2 is 0.456 bits per heavy atom. The van der Waals surface area contributed by atoms with E-state index < -0.39 is 6.10 Å². The van der Waals surface area contributed by atoms with E-state index in [4.69, 9.17) is 14.2 Å². The molecule has 79 heavy (non-hydrogen) atoms. The van der Waals surface area contributed by atoms with Crippen molar-refractivity contribution in [1.29, 1.82) is 0 Å². The van der Waals surface area contributed by atoms with Crippen LogP contribution < -0.4 is 0 Å². The van der Waals surface area contributed by atoms with E-state index in [2.05, 4.69) is 69.4 Å². The fourth-order valence-corrected chi connectivity index (χ4v) is 10.5. The molecule has 0 spiro atoms. The summed E-state index contributed by atoms with van der Waals surface area (Å²) in [5.74, 6) is -0.867. The zero-order valence-electron chi connectivity index (χ0n) is 53.2. The van der Waals surface area contributed by atoms with Gasteiger partial charge in [0.2, 0.25) is 0 Å². The number of hydrogen-bond donors (Lipinski definition) is 0. The maximum absolute atomic E-state index is 12.9. The van der Waals surface area contributed by atoms with Crippen molar-refractivity contribution >= 4 is 17.9 Å². The van der Waals surface area contributed by atoms with Crippen molar-refractivity contribution in [3.05, 3.63) is 48.6 Å². The Morgan fingerprint density at radius 1 is 0.253 bits per heavy atom. The molecule has 0 rings (SSSR count). The van der Waals surface area contributed by atoms with Crippen LogP contribution >= 0.6 is 0 Å². The molecule has 1 unspecified atom stereocenters. The molecule has 0 aromatic rings. The SMILES string of the molecule is CCCCCC/C=C\CCCCCCCC(=O)OCC(COC(=O)CCCCCCCCCCCCCCCCCCCCCCCCCCC)OC(=O)CCCCCCCCCC/C=C\C/C=C\C/C=C\CCCCCCC. The fourth-order valence-electron chi connectivity index (χ4n) is 10.5. The topological polar surface area (TPSA) is 78.9 Å². The van der Waals surface area contributed by atoms with E-state index >= 15 is 0 Å². The molecule has 0 bridgehead atoms. The highest BCUT2D eigenvalue weighted by atomic mass is 16.6. The van der Waals surface area contributed by atoms with Crippen molar-refractivity contribution in [2.75, 3.05) is 13.2 Å². The molecule has 0 aliphatic heterocycles. The molecule has 0 fully saturated rings. The highest BCUT2D eigenvalue weighted by Crippen LogP contribution is 2.18. The van der Waals surface area contributed by atoms with Crippen LogP contribution in [-0.2, 0) is 28.6 Å². The second-order valence-corrected chi connectivity index (χ2v) is 23.8. The van der Waals surface area contributed by atoms with Gasteiger partial charge in [0.1, 0.15) is 13.2 Å². The largest absolute Gasteiger partial charge is 0.462 e. The van der Waals surface area contributed by atoms with Crippen LogP contribution in [0.15, 0.2) is 48.6 Å². The highest BCUT2D eigenvalue weighted by molar-refractivity contribution is 5.71. The smallest absolute Gasteiger partial charge is 0.306 e. The molecule has 6 nitrogen and oxygen atoms in total. The average molecular weight is 1110 g/mol. The van der Waals surface area contributed by atoms with Crippen molar-refractivity contribution < 1.29 is 28.6 Å². The first kappa shape index (κ1) is 76.4. The van der Waals surface area contributed by atoms with Gasteiger partial charge in [-0.1, -0.05) is 326 Å². The Morgan fingerprint density at radius 3 is 0.734 bits per heavy atom. The van der Waals surface area contributed by atoms with Crippen molar-refractivity contribution in [3.63, 3.8) is 0 Å². The van der Waals surface area contributed by atoms with Gasteiger partial charge in [0.15, 0.2) is 6.10 Å². The van der Waals surface area contributed by atoms with Gasteiger partial charge in [0.05, 0.1) is 0 Å². The van der Waals surface area contributed by atoms with Gasteiger partial charge in [-0.2, -0.15) is 0 Å². The molecule has 0 heterocycles. The summed E-state index contributed by atoms with van der Waals surface area (Å²) in [6, 6.07) is 0. The van der Waals surface area contributed by atoms with Crippen LogP contribution in [0.3, 0.4) is 0 Å². The summed E-state index contributed by atoms with van der Waals surface area (Å²) in [5, 5.41) is 0. The maximum Gasteiger partial charge on any atom is 0.306 e. The lowest BCUT2D eigenvalue weighted by Crippen LogP contribution is -2.30. The lowest BCUT2D eigenvalue weighted by molar-refractivity contribution is -0.167. The van der Waals surface area contributed by atoms with Gasteiger partial charge in [0.25, 0.3) is 0 Å². The first-order chi connectivity index (χ1) is 39.0. The second-order valence-electron chi connectivity index (χ2n) is 23.8. The van der Waals surface area contributed by atoms with Gasteiger partial charge in [-0.3, -0.25) is 14.4 Å². The summed E-state index contributed by atoms with van der Waals surface area (Å²) in [5.41, 5.74) is 0. The van der Waals surface area contributed by atoms with Crippen molar-refractivity contribution in [2.24, 2.45) is 0 Å². The molecule has 0 aromatic carbocycles. The van der Waals surface area contributed by atoms with E-state index in [1.165, 1.54) is 257 Å². The van der Waals surface area contributed by atoms with Crippen molar-refractivity contribution in [1.82, 2.24) is 0 Å². The predicted molar refractivity (Wildman–Crippen MR) is 344 cm³/mol. The molecule has 0 N–H and O–H groups in total. The third-order valence-corrected chi connectivity index (χ3v) is 15.8. The first-order valence-electron chi connectivity index (χ1n) is 35.1. The maximum atomic E-state index is 12.9. The minimum Gasteiger partial charge on any atom is -0.462 e. The molecule has 1 atom stereocenters. The van der Waals surface area contributed by atoms with Crippen molar-refractivity contribution in [2.45, 2.75) is 386 Å². The number of allylic oxidation sites excluding steroid dienone is 8. The van der Waals surface area contributed by atoms with E-state index in [1.807, 2.05) is 0 Å². The van der Waals surface area contributed by atoms with Crippen LogP contribution in [-0.4, -0.2) is 37.2 Å². The van der Waals surface area contributed by atoms with Gasteiger partial charge < -0.3 is 14.2 Å². The second kappa shape index (κ2) is 67.9. The molecule has 0 amide bonds. The van der Waals surface area contributed by atoms with E-state index in [0.29, 0.717) is 19.3 Å². The van der Waals surface area contributed by atoms with Gasteiger partial charge in [-0.05, 0) is 83.5 Å². The van der Waals surface area contributed by atoms with Crippen LogP contribution in [0.1, 0.15) is 380 Å². The van der Waals surface area contributed by atoms with Gasteiger partial charge in [0, 0.05) is 19.3 Å². The quantitative estimate of drug-likeness (QED) is 0.0261. The molecular weight excluding hydrogens is 973 g/mol. The summed E-state index contributed by atoms with van der Waals surface area (Å²) in [6.45, 7) is 6.67. The number of rotatable bonds is 65. The zero-order chi connectivity index (χ0) is 57.1. The fraction of sp³-hybridized carbons (Fsp3) is 0.849. The third-order valence-electron chi connectivity index (χ3n) is 15.8. The predicted octanol–water partition coefficient (Wildman–Crippen LogP) is 24.1. The van der Waals surface area contributed by atoms with E-state index in [0.717, 1.165) is 83.5 Å². The monoisotopic (exact) mass is 1110 g/mol. The first-order valence-corrected chi connectivity index (χ1v) is 35.1. The number of carbonyl (C=O) groups is 3. The van der Waals surface area contributed by atoms with E-state index in [-0.39, 0.29) is 31.1 Å². The molecule has 0 radical (unpaired) electrons. The Kier molecular flexibility index (Phi) is 65.6. The molecule has 0 saturated carbocycles.